The molecule has 154 valence electrons. The van der Waals surface area contributed by atoms with Gasteiger partial charge in [-0.3, -0.25) is 14.5 Å². The van der Waals surface area contributed by atoms with Crippen LogP contribution in [0.25, 0.3) is 0 Å². The Labute approximate surface area is 178 Å². The average Bonchev–Trinajstić information content (AvgIpc) is 3.31. The predicted octanol–water partition coefficient (Wildman–Crippen LogP) is 4.03. The number of halogens is 1. The lowest BCUT2D eigenvalue weighted by molar-refractivity contribution is -0.122. The van der Waals surface area contributed by atoms with Gasteiger partial charge in [0.15, 0.2) is 0 Å². The normalized spacial score (nSPS) is 15.6. The van der Waals surface area contributed by atoms with Crippen molar-refractivity contribution in [2.45, 2.75) is 6.04 Å². The molecule has 0 bridgehead atoms. The molecular weight excluding hydrogens is 401 g/mol. The third-order valence-corrected chi connectivity index (χ3v) is 6.03. The molecule has 0 saturated carbocycles. The monoisotopic (exact) mass is 423 g/mol. The van der Waals surface area contributed by atoms with Crippen molar-refractivity contribution in [1.82, 2.24) is 9.80 Å². The van der Waals surface area contributed by atoms with Gasteiger partial charge < -0.3 is 10.2 Å². The molecule has 1 aromatic heterocycles. The summed E-state index contributed by atoms with van der Waals surface area (Å²) in [7, 11) is 0. The van der Waals surface area contributed by atoms with Gasteiger partial charge in [0.05, 0.1) is 4.88 Å². The van der Waals surface area contributed by atoms with E-state index in [1.807, 2.05) is 52.7 Å². The molecule has 0 spiro atoms. The van der Waals surface area contributed by atoms with E-state index in [0.29, 0.717) is 31.9 Å². The number of rotatable bonds is 5. The highest BCUT2D eigenvalue weighted by Crippen LogP contribution is 2.25. The zero-order valence-corrected chi connectivity index (χ0v) is 17.1. The van der Waals surface area contributed by atoms with E-state index in [0.717, 1.165) is 10.4 Å². The van der Waals surface area contributed by atoms with Crippen LogP contribution in [-0.4, -0.2) is 47.8 Å². The van der Waals surface area contributed by atoms with E-state index >= 15 is 0 Å². The van der Waals surface area contributed by atoms with E-state index in [4.69, 9.17) is 0 Å². The molecule has 30 heavy (non-hydrogen) atoms. The Balaban J connectivity index is 1.49. The summed E-state index contributed by atoms with van der Waals surface area (Å²) in [6.45, 7) is 2.30. The number of carbonyl (C=O) groups excluding carboxylic acids is 2. The number of nitrogens with zero attached hydrogens (tertiary/aromatic N) is 2. The standard InChI is InChI=1S/C23H22FN3O2S/c24-18-8-10-19(11-9-18)25-22(28)21(17-5-2-1-3-6-17)26-12-14-27(15-13-26)23(29)20-7-4-16-30-20/h1-11,16,21H,12-15H2,(H,25,28)/t21-/m0/s1. The molecule has 2 aromatic carbocycles. The maximum absolute atomic E-state index is 13.2. The number of amides is 2. The van der Waals surface area contributed by atoms with Crippen LogP contribution in [0.4, 0.5) is 10.1 Å². The Kier molecular flexibility index (Phi) is 6.21. The molecule has 0 aliphatic carbocycles. The van der Waals surface area contributed by atoms with Crippen molar-refractivity contribution in [2.75, 3.05) is 31.5 Å². The first-order valence-electron chi connectivity index (χ1n) is 9.80. The minimum atomic E-state index is -0.491. The molecule has 1 aliphatic rings. The van der Waals surface area contributed by atoms with Crippen molar-refractivity contribution in [2.24, 2.45) is 0 Å². The van der Waals surface area contributed by atoms with Gasteiger partial charge in [0.2, 0.25) is 5.91 Å². The molecule has 2 amide bonds. The molecular formula is C23H22FN3O2S. The summed E-state index contributed by atoms with van der Waals surface area (Å²) in [5, 5.41) is 4.79. The highest BCUT2D eigenvalue weighted by Gasteiger charge is 2.32. The molecule has 1 N–H and O–H groups in total. The van der Waals surface area contributed by atoms with Crippen LogP contribution in [-0.2, 0) is 4.79 Å². The van der Waals surface area contributed by atoms with Gasteiger partial charge in [0.1, 0.15) is 11.9 Å². The van der Waals surface area contributed by atoms with Gasteiger partial charge in [-0.2, -0.15) is 0 Å². The lowest BCUT2D eigenvalue weighted by Crippen LogP contribution is -2.51. The minimum Gasteiger partial charge on any atom is -0.335 e. The molecule has 2 heterocycles. The van der Waals surface area contributed by atoms with E-state index in [2.05, 4.69) is 10.2 Å². The summed E-state index contributed by atoms with van der Waals surface area (Å²) >= 11 is 1.44. The maximum atomic E-state index is 13.2. The van der Waals surface area contributed by atoms with Gasteiger partial charge in [0.25, 0.3) is 5.91 Å². The lowest BCUT2D eigenvalue weighted by Gasteiger charge is -2.38. The van der Waals surface area contributed by atoms with E-state index in [1.54, 1.807) is 12.1 Å². The molecule has 1 fully saturated rings. The van der Waals surface area contributed by atoms with Crippen molar-refractivity contribution in [3.8, 4) is 0 Å². The summed E-state index contributed by atoms with van der Waals surface area (Å²) in [4.78, 5) is 30.5. The summed E-state index contributed by atoms with van der Waals surface area (Å²) in [6.07, 6.45) is 0. The molecule has 5 nitrogen and oxygen atoms in total. The Bertz CT molecular complexity index is 985. The Morgan fingerprint density at radius 2 is 1.60 bits per heavy atom. The molecule has 1 atom stereocenters. The second-order valence-electron chi connectivity index (χ2n) is 7.11. The molecule has 0 radical (unpaired) electrons. The average molecular weight is 424 g/mol. The highest BCUT2D eigenvalue weighted by atomic mass is 32.1. The molecule has 3 aromatic rings. The van der Waals surface area contributed by atoms with Crippen LogP contribution in [0, 0.1) is 5.82 Å². The SMILES string of the molecule is O=C(Nc1ccc(F)cc1)[C@H](c1ccccc1)N1CCN(C(=O)c2cccs2)CC1. The zero-order valence-electron chi connectivity index (χ0n) is 16.3. The summed E-state index contributed by atoms with van der Waals surface area (Å²) in [5.41, 5.74) is 1.43. The Hall–Kier alpha value is -3.03. The van der Waals surface area contributed by atoms with Crippen LogP contribution in [0.5, 0.6) is 0 Å². The van der Waals surface area contributed by atoms with Gasteiger partial charge in [-0.25, -0.2) is 4.39 Å². The topological polar surface area (TPSA) is 52.7 Å². The quantitative estimate of drug-likeness (QED) is 0.674. The van der Waals surface area contributed by atoms with Gasteiger partial charge in [-0.1, -0.05) is 36.4 Å². The van der Waals surface area contributed by atoms with Gasteiger partial charge in [-0.05, 0) is 41.3 Å². The molecule has 1 saturated heterocycles. The van der Waals surface area contributed by atoms with Crippen molar-refractivity contribution in [3.05, 3.63) is 88.4 Å². The first kappa shape index (κ1) is 20.3. The second-order valence-corrected chi connectivity index (χ2v) is 8.06. The number of anilines is 1. The molecule has 7 heteroatoms. The zero-order chi connectivity index (χ0) is 20.9. The summed E-state index contributed by atoms with van der Waals surface area (Å²) in [6, 6.07) is 18.5. The fourth-order valence-corrected chi connectivity index (χ4v) is 4.34. The number of hydrogen-bond donors (Lipinski definition) is 1. The van der Waals surface area contributed by atoms with Crippen LogP contribution >= 0.6 is 11.3 Å². The number of piperazine rings is 1. The van der Waals surface area contributed by atoms with Crippen LogP contribution in [0.3, 0.4) is 0 Å². The fourth-order valence-electron chi connectivity index (χ4n) is 3.65. The second kappa shape index (κ2) is 9.19. The largest absolute Gasteiger partial charge is 0.335 e. The van der Waals surface area contributed by atoms with Crippen molar-refractivity contribution in [1.29, 1.82) is 0 Å². The maximum Gasteiger partial charge on any atom is 0.264 e. The van der Waals surface area contributed by atoms with Crippen LogP contribution in [0.2, 0.25) is 0 Å². The van der Waals surface area contributed by atoms with Crippen molar-refractivity contribution < 1.29 is 14.0 Å². The molecule has 4 rings (SSSR count). The number of hydrogen-bond acceptors (Lipinski definition) is 4. The van der Waals surface area contributed by atoms with E-state index < -0.39 is 6.04 Å². The van der Waals surface area contributed by atoms with Crippen molar-refractivity contribution in [3.63, 3.8) is 0 Å². The van der Waals surface area contributed by atoms with Crippen molar-refractivity contribution >= 4 is 28.8 Å². The lowest BCUT2D eigenvalue weighted by atomic mass is 10.0. The number of benzene rings is 2. The van der Waals surface area contributed by atoms with E-state index in [9.17, 15) is 14.0 Å². The first-order chi connectivity index (χ1) is 14.6. The van der Waals surface area contributed by atoms with Gasteiger partial charge in [-0.15, -0.1) is 11.3 Å². The highest BCUT2D eigenvalue weighted by molar-refractivity contribution is 7.12. The Morgan fingerprint density at radius 3 is 2.23 bits per heavy atom. The fraction of sp³-hybridized carbons (Fsp3) is 0.217. The molecule has 0 unspecified atom stereocenters. The molecule has 1 aliphatic heterocycles. The van der Waals surface area contributed by atoms with E-state index in [1.165, 1.54) is 23.5 Å². The third kappa shape index (κ3) is 4.58. The minimum absolute atomic E-state index is 0.0386. The van der Waals surface area contributed by atoms with Gasteiger partial charge >= 0.3 is 0 Å². The van der Waals surface area contributed by atoms with Crippen LogP contribution < -0.4 is 5.32 Å². The van der Waals surface area contributed by atoms with Crippen LogP contribution in [0.1, 0.15) is 21.3 Å². The summed E-state index contributed by atoms with van der Waals surface area (Å²) < 4.78 is 13.2. The van der Waals surface area contributed by atoms with Gasteiger partial charge in [0, 0.05) is 31.9 Å². The third-order valence-electron chi connectivity index (χ3n) is 5.17. The predicted molar refractivity (Wildman–Crippen MR) is 116 cm³/mol. The van der Waals surface area contributed by atoms with Crippen LogP contribution in [0.15, 0.2) is 72.1 Å². The van der Waals surface area contributed by atoms with E-state index in [-0.39, 0.29) is 17.6 Å². The smallest absolute Gasteiger partial charge is 0.264 e. The number of carbonyl (C=O) groups is 2. The summed E-state index contributed by atoms with van der Waals surface area (Å²) in [5.74, 6) is -0.485. The number of nitrogens with one attached hydrogen (secondary N) is 1. The number of thiophene rings is 1. The Morgan fingerprint density at radius 1 is 0.900 bits per heavy atom. The first-order valence-corrected chi connectivity index (χ1v) is 10.7.